The Labute approximate surface area is 128 Å². The summed E-state index contributed by atoms with van der Waals surface area (Å²) < 4.78 is 26.1. The minimum absolute atomic E-state index is 0.00515. The quantitative estimate of drug-likeness (QED) is 0.924. The van der Waals surface area contributed by atoms with Crippen LogP contribution in [-0.2, 0) is 11.3 Å². The number of halogens is 1. The first-order valence-corrected chi connectivity index (χ1v) is 6.91. The average Bonchev–Trinajstić information content (AvgIpc) is 2.85. The number of nitrogens with zero attached hydrogens (tertiary/aromatic N) is 1. The lowest BCUT2D eigenvalue weighted by Crippen LogP contribution is -2.27. The van der Waals surface area contributed by atoms with Crippen molar-refractivity contribution in [2.45, 2.75) is 39.9 Å². The summed E-state index contributed by atoms with van der Waals surface area (Å²) in [6.45, 7) is 6.43. The van der Waals surface area contributed by atoms with E-state index in [1.165, 1.54) is 17.9 Å². The molecule has 5 nitrogen and oxygen atoms in total. The molecular weight excluding hydrogens is 289 g/mol. The molecule has 0 fully saturated rings. The lowest BCUT2D eigenvalue weighted by atomic mass is 10.0. The highest BCUT2D eigenvalue weighted by Gasteiger charge is 2.24. The zero-order valence-electron chi connectivity index (χ0n) is 13.4. The molecule has 0 unspecified atom stereocenters. The van der Waals surface area contributed by atoms with Crippen molar-refractivity contribution >= 4 is 17.0 Å². The van der Waals surface area contributed by atoms with Gasteiger partial charge in [-0.1, -0.05) is 0 Å². The number of aryl methyl sites for hydroxylation is 1. The van der Waals surface area contributed by atoms with E-state index in [-0.39, 0.29) is 11.3 Å². The molecule has 0 bridgehead atoms. The molecular formula is C16H20FNO4. The van der Waals surface area contributed by atoms with E-state index in [0.717, 1.165) is 0 Å². The second-order valence-electron chi connectivity index (χ2n) is 6.04. The summed E-state index contributed by atoms with van der Waals surface area (Å²) in [6.07, 6.45) is 0.906. The van der Waals surface area contributed by atoms with Crippen LogP contribution >= 0.6 is 0 Å². The fraction of sp³-hybridized carbons (Fsp3) is 0.438. The second-order valence-corrected chi connectivity index (χ2v) is 6.04. The first-order valence-electron chi connectivity index (χ1n) is 6.91. The van der Waals surface area contributed by atoms with E-state index in [9.17, 15) is 14.3 Å². The molecule has 0 saturated carbocycles. The third kappa shape index (κ3) is 2.66. The van der Waals surface area contributed by atoms with E-state index in [1.54, 1.807) is 33.8 Å². The minimum atomic E-state index is -0.660. The van der Waals surface area contributed by atoms with E-state index < -0.39 is 24.1 Å². The summed E-state index contributed by atoms with van der Waals surface area (Å²) in [4.78, 5) is 12.3. The number of aliphatic hydroxyl groups is 1. The highest BCUT2D eigenvalue weighted by atomic mass is 19.1. The third-order valence-electron chi connectivity index (χ3n) is 3.32. The monoisotopic (exact) mass is 309 g/mol. The van der Waals surface area contributed by atoms with Crippen LogP contribution in [0.1, 0.15) is 31.9 Å². The Bertz CT molecular complexity index is 728. The van der Waals surface area contributed by atoms with E-state index in [4.69, 9.17) is 9.47 Å². The molecule has 6 heteroatoms. The van der Waals surface area contributed by atoms with Crippen molar-refractivity contribution in [3.63, 3.8) is 0 Å². The van der Waals surface area contributed by atoms with Gasteiger partial charge in [0.2, 0.25) is 0 Å². The Morgan fingerprint density at radius 1 is 1.41 bits per heavy atom. The van der Waals surface area contributed by atoms with Gasteiger partial charge in [0, 0.05) is 22.7 Å². The van der Waals surface area contributed by atoms with Crippen molar-refractivity contribution < 1.29 is 23.8 Å². The molecule has 0 aliphatic rings. The number of benzene rings is 1. The highest BCUT2D eigenvalue weighted by Crippen LogP contribution is 2.35. The number of rotatable bonds is 2. The van der Waals surface area contributed by atoms with Gasteiger partial charge in [0.05, 0.1) is 19.2 Å². The second kappa shape index (κ2) is 5.61. The fourth-order valence-corrected chi connectivity index (χ4v) is 2.42. The van der Waals surface area contributed by atoms with Crippen LogP contribution in [0.2, 0.25) is 0 Å². The largest absolute Gasteiger partial charge is 0.493 e. The molecule has 0 aliphatic carbocycles. The molecule has 1 N–H and O–H groups in total. The summed E-state index contributed by atoms with van der Waals surface area (Å²) in [6, 6.07) is 1.64. The molecule has 120 valence electrons. The summed E-state index contributed by atoms with van der Waals surface area (Å²) in [7, 11) is 1.34. The average molecular weight is 309 g/mol. The Balaban J connectivity index is 2.71. The Hall–Kier alpha value is -2.08. The van der Waals surface area contributed by atoms with Gasteiger partial charge in [-0.15, -0.1) is 0 Å². The number of hydrogen-bond donors (Lipinski definition) is 1. The van der Waals surface area contributed by atoms with Gasteiger partial charge in [-0.3, -0.25) is 4.57 Å². The van der Waals surface area contributed by atoms with Gasteiger partial charge < -0.3 is 14.6 Å². The maximum Gasteiger partial charge on any atom is 0.419 e. The number of hydrogen-bond acceptors (Lipinski definition) is 4. The van der Waals surface area contributed by atoms with E-state index in [2.05, 4.69) is 0 Å². The van der Waals surface area contributed by atoms with E-state index >= 15 is 0 Å². The normalized spacial score (nSPS) is 11.8. The smallest absolute Gasteiger partial charge is 0.419 e. The Morgan fingerprint density at radius 2 is 2.05 bits per heavy atom. The Morgan fingerprint density at radius 3 is 2.55 bits per heavy atom. The number of ether oxygens (including phenoxy) is 2. The van der Waals surface area contributed by atoms with Crippen LogP contribution in [0.3, 0.4) is 0 Å². The molecule has 22 heavy (non-hydrogen) atoms. The molecule has 0 atom stereocenters. The number of aliphatic hydroxyl groups excluding tert-OH is 1. The standard InChI is InChI=1S/C16H20FNO4/c1-9-12(17)14(21-5)11(8-19)10-6-7-18(13(9)10)15(20)22-16(2,3)4/h6-7,19H,8H2,1-5H3. The van der Waals surface area contributed by atoms with Crippen LogP contribution in [0.5, 0.6) is 5.75 Å². The van der Waals surface area contributed by atoms with Crippen LogP contribution < -0.4 is 4.74 Å². The molecule has 1 aromatic heterocycles. The lowest BCUT2D eigenvalue weighted by molar-refractivity contribution is 0.0544. The zero-order valence-corrected chi connectivity index (χ0v) is 13.4. The van der Waals surface area contributed by atoms with Gasteiger partial charge in [0.1, 0.15) is 5.60 Å². The number of carbonyl (C=O) groups is 1. The molecule has 2 rings (SSSR count). The fourth-order valence-electron chi connectivity index (χ4n) is 2.42. The van der Waals surface area contributed by atoms with Crippen molar-refractivity contribution in [2.24, 2.45) is 0 Å². The lowest BCUT2D eigenvalue weighted by Gasteiger charge is -2.20. The summed E-state index contributed by atoms with van der Waals surface area (Å²) in [5.41, 5.74) is 0.284. The molecule has 0 aliphatic heterocycles. The first-order chi connectivity index (χ1) is 10.2. The molecule has 1 heterocycles. The highest BCUT2D eigenvalue weighted by molar-refractivity contribution is 5.95. The van der Waals surface area contributed by atoms with Gasteiger partial charge in [0.15, 0.2) is 11.6 Å². The van der Waals surface area contributed by atoms with Crippen LogP contribution in [0.15, 0.2) is 12.3 Å². The maximum atomic E-state index is 14.4. The van der Waals surface area contributed by atoms with E-state index in [0.29, 0.717) is 16.5 Å². The molecule has 1 aromatic carbocycles. The van der Waals surface area contributed by atoms with Crippen molar-refractivity contribution in [3.05, 3.63) is 29.2 Å². The van der Waals surface area contributed by atoms with Crippen molar-refractivity contribution in [1.29, 1.82) is 0 Å². The van der Waals surface area contributed by atoms with Crippen LogP contribution in [-0.4, -0.2) is 28.5 Å². The summed E-state index contributed by atoms with van der Waals surface area (Å²) in [5.74, 6) is -0.600. The van der Waals surface area contributed by atoms with Crippen molar-refractivity contribution in [2.75, 3.05) is 7.11 Å². The van der Waals surface area contributed by atoms with Crippen molar-refractivity contribution in [1.82, 2.24) is 4.57 Å². The van der Waals surface area contributed by atoms with E-state index in [1.807, 2.05) is 0 Å². The van der Waals surface area contributed by atoms with Gasteiger partial charge in [-0.2, -0.15) is 0 Å². The third-order valence-corrected chi connectivity index (χ3v) is 3.32. The summed E-state index contributed by atoms with van der Waals surface area (Å²) in [5, 5.41) is 10.1. The molecule has 0 saturated heterocycles. The van der Waals surface area contributed by atoms with Crippen molar-refractivity contribution in [3.8, 4) is 5.75 Å². The maximum absolute atomic E-state index is 14.4. The Kier molecular flexibility index (Phi) is 4.15. The predicted octanol–water partition coefficient (Wildman–Crippen LogP) is 3.37. The number of fused-ring (bicyclic) bond motifs is 1. The zero-order chi connectivity index (χ0) is 16.7. The number of methoxy groups -OCH3 is 1. The first kappa shape index (κ1) is 16.3. The number of carbonyl (C=O) groups excluding carboxylic acids is 1. The number of aromatic nitrogens is 1. The minimum Gasteiger partial charge on any atom is -0.493 e. The van der Waals surface area contributed by atoms with Crippen LogP contribution in [0.25, 0.3) is 10.9 Å². The molecule has 0 amide bonds. The summed E-state index contributed by atoms with van der Waals surface area (Å²) >= 11 is 0. The van der Waals surface area contributed by atoms with Gasteiger partial charge in [-0.25, -0.2) is 9.18 Å². The predicted molar refractivity (Wildman–Crippen MR) is 80.7 cm³/mol. The van der Waals surface area contributed by atoms with Gasteiger partial charge in [0.25, 0.3) is 0 Å². The van der Waals surface area contributed by atoms with Gasteiger partial charge in [-0.05, 0) is 33.8 Å². The molecule has 0 spiro atoms. The topological polar surface area (TPSA) is 60.7 Å². The molecule has 0 radical (unpaired) electrons. The molecule has 2 aromatic rings. The SMILES string of the molecule is COc1c(F)c(C)c2c(ccn2C(=O)OC(C)(C)C)c1CO. The van der Waals surface area contributed by atoms with Gasteiger partial charge >= 0.3 is 6.09 Å². The van der Waals surface area contributed by atoms with Crippen LogP contribution in [0, 0.1) is 12.7 Å². The van der Waals surface area contributed by atoms with Crippen LogP contribution in [0.4, 0.5) is 9.18 Å².